The second-order valence-electron chi connectivity index (χ2n) is 13.5. The number of carbonyl (C=O) groups is 2. The molecule has 3 aliphatic heterocycles. The highest BCUT2D eigenvalue weighted by atomic mass is 16.9. The molecule has 2 aromatic carbocycles. The van der Waals surface area contributed by atoms with Crippen LogP contribution in [0.25, 0.3) is 6.08 Å². The Morgan fingerprint density at radius 3 is 2.37 bits per heavy atom. The molecule has 3 aliphatic carbocycles. The second-order valence-corrected chi connectivity index (χ2v) is 13.5. The summed E-state index contributed by atoms with van der Waals surface area (Å²) in [6.45, 7) is 8.80. The van der Waals surface area contributed by atoms with Crippen LogP contribution in [-0.2, 0) is 39.2 Å². The van der Waals surface area contributed by atoms with E-state index in [4.69, 9.17) is 23.7 Å². The van der Waals surface area contributed by atoms with E-state index in [9.17, 15) is 24.9 Å². The Kier molecular flexibility index (Phi) is 6.20. The van der Waals surface area contributed by atoms with Gasteiger partial charge in [-0.25, -0.2) is 4.79 Å². The molecule has 2 saturated carbocycles. The Morgan fingerprint density at radius 2 is 1.72 bits per heavy atom. The van der Waals surface area contributed by atoms with Gasteiger partial charge in [-0.15, -0.1) is 0 Å². The zero-order valence-corrected chi connectivity index (χ0v) is 25.7. The molecule has 0 aromatic heterocycles. The van der Waals surface area contributed by atoms with E-state index in [1.165, 1.54) is 6.08 Å². The molecular formula is C36H36O10. The first-order valence-corrected chi connectivity index (χ1v) is 15.6. The Hall–Kier alpha value is -3.48. The summed E-state index contributed by atoms with van der Waals surface area (Å²) in [6.07, 6.45) is -0.138. The fourth-order valence-corrected chi connectivity index (χ4v) is 9.20. The number of ether oxygens (including phenoxy) is 5. The van der Waals surface area contributed by atoms with Crippen LogP contribution >= 0.6 is 0 Å². The molecule has 3 bridgehead atoms. The predicted octanol–water partition coefficient (Wildman–Crippen LogP) is 2.57. The lowest BCUT2D eigenvalue weighted by Crippen LogP contribution is -2.76. The third-order valence-electron chi connectivity index (χ3n) is 11.3. The maximum atomic E-state index is 13.8. The Balaban J connectivity index is 1.35. The monoisotopic (exact) mass is 628 g/mol. The van der Waals surface area contributed by atoms with Gasteiger partial charge in [0.2, 0.25) is 0 Å². The molecule has 6 aliphatic rings. The van der Waals surface area contributed by atoms with Crippen LogP contribution in [0, 0.1) is 17.8 Å². The lowest BCUT2D eigenvalue weighted by atomic mass is 9.53. The summed E-state index contributed by atoms with van der Waals surface area (Å²) in [5.74, 6) is -5.94. The number of epoxide rings is 1. The summed E-state index contributed by atoms with van der Waals surface area (Å²) >= 11 is 0. The average molecular weight is 629 g/mol. The molecule has 8 rings (SSSR count). The van der Waals surface area contributed by atoms with Gasteiger partial charge in [0.05, 0.1) is 12.2 Å². The Bertz CT molecular complexity index is 1710. The number of carbonyl (C=O) groups excluding carboxylic acids is 2. The Morgan fingerprint density at radius 1 is 1.04 bits per heavy atom. The van der Waals surface area contributed by atoms with Crippen molar-refractivity contribution >= 4 is 17.8 Å². The minimum Gasteiger partial charge on any atom is -0.455 e. The molecule has 240 valence electrons. The second kappa shape index (κ2) is 9.54. The standard InChI is InChI=1S/C36H36O10/c1-19(2)34-28(42-25(38)16-15-22-11-7-5-8-12-22)21(4)35-24-17-20(3)27(39)33(24,41)31(40)32(18-37)29(43-32)26(35)30(34)44-36(45-34,46-35)23-13-9-6-10-14-23/h5-17,21,24,26,28-31,37,40-41H,1,18H2,2-4H3/b16-15+/t21-,24-,26-,28-,29+,30-,31-,32+,33-,34+,35-,36-/m1/s1. The van der Waals surface area contributed by atoms with Crippen molar-refractivity contribution in [2.24, 2.45) is 17.8 Å². The Labute approximate surface area is 265 Å². The number of aliphatic hydroxyl groups is 3. The molecule has 10 heteroatoms. The third-order valence-corrected chi connectivity index (χ3v) is 11.3. The first-order chi connectivity index (χ1) is 21.9. The van der Waals surface area contributed by atoms with Crippen LogP contribution in [0.5, 0.6) is 0 Å². The highest BCUT2D eigenvalue weighted by Crippen LogP contribution is 2.74. The molecule has 3 N–H and O–H groups in total. The normalized spacial score (nSPS) is 46.3. The van der Waals surface area contributed by atoms with Gasteiger partial charge < -0.3 is 39.0 Å². The summed E-state index contributed by atoms with van der Waals surface area (Å²) < 4.78 is 33.3. The molecule has 46 heavy (non-hydrogen) atoms. The van der Waals surface area contributed by atoms with E-state index in [-0.39, 0.29) is 5.57 Å². The highest BCUT2D eigenvalue weighted by Gasteiger charge is 2.90. The quantitative estimate of drug-likeness (QED) is 0.189. The molecule has 12 atom stereocenters. The highest BCUT2D eigenvalue weighted by molar-refractivity contribution is 6.05. The molecule has 5 fully saturated rings. The van der Waals surface area contributed by atoms with Crippen molar-refractivity contribution in [2.45, 2.75) is 73.6 Å². The van der Waals surface area contributed by atoms with E-state index in [0.29, 0.717) is 11.1 Å². The molecule has 10 nitrogen and oxygen atoms in total. The number of benzene rings is 2. The number of hydrogen-bond acceptors (Lipinski definition) is 10. The fourth-order valence-electron chi connectivity index (χ4n) is 9.20. The van der Waals surface area contributed by atoms with E-state index >= 15 is 0 Å². The first-order valence-electron chi connectivity index (χ1n) is 15.6. The van der Waals surface area contributed by atoms with Crippen molar-refractivity contribution < 1.29 is 48.6 Å². The number of fused-ring (bicyclic) bond motifs is 3. The minimum atomic E-state index is -2.43. The van der Waals surface area contributed by atoms with Crippen LogP contribution in [0.4, 0.5) is 0 Å². The number of rotatable bonds is 6. The van der Waals surface area contributed by atoms with Crippen molar-refractivity contribution in [3.63, 3.8) is 0 Å². The van der Waals surface area contributed by atoms with Crippen LogP contribution in [-0.4, -0.2) is 80.5 Å². The molecular weight excluding hydrogens is 592 g/mol. The van der Waals surface area contributed by atoms with Crippen LogP contribution < -0.4 is 0 Å². The number of hydrogen-bond donors (Lipinski definition) is 3. The summed E-state index contributed by atoms with van der Waals surface area (Å²) in [4.78, 5) is 27.4. The molecule has 0 unspecified atom stereocenters. The van der Waals surface area contributed by atoms with Gasteiger partial charge in [-0.1, -0.05) is 80.2 Å². The lowest BCUT2D eigenvalue weighted by Gasteiger charge is -2.61. The molecule has 3 heterocycles. The lowest BCUT2D eigenvalue weighted by molar-refractivity contribution is -0.440. The number of esters is 1. The fraction of sp³-hybridized carbons (Fsp3) is 0.444. The van der Waals surface area contributed by atoms with Crippen LogP contribution in [0.3, 0.4) is 0 Å². The topological polar surface area (TPSA) is 144 Å². The van der Waals surface area contributed by atoms with Crippen molar-refractivity contribution in [3.05, 3.63) is 102 Å². The van der Waals surface area contributed by atoms with Crippen LogP contribution in [0.1, 0.15) is 31.9 Å². The first kappa shape index (κ1) is 29.9. The molecule has 3 saturated heterocycles. The molecule has 0 radical (unpaired) electrons. The maximum absolute atomic E-state index is 13.8. The molecule has 0 spiro atoms. The zero-order valence-electron chi connectivity index (χ0n) is 25.7. The predicted molar refractivity (Wildman–Crippen MR) is 161 cm³/mol. The van der Waals surface area contributed by atoms with Crippen molar-refractivity contribution in [2.75, 3.05) is 6.61 Å². The van der Waals surface area contributed by atoms with Gasteiger partial charge in [0.1, 0.15) is 30.0 Å². The average Bonchev–Trinajstić information content (AvgIpc) is 3.68. The van der Waals surface area contributed by atoms with Crippen molar-refractivity contribution in [1.29, 1.82) is 0 Å². The number of ketones is 1. The summed E-state index contributed by atoms with van der Waals surface area (Å²) in [5, 5.41) is 34.9. The smallest absolute Gasteiger partial charge is 0.331 e. The molecule has 0 amide bonds. The van der Waals surface area contributed by atoms with Crippen molar-refractivity contribution in [3.8, 4) is 0 Å². The SMILES string of the molecule is C=C(C)[C@@]12O[C@@]3(c4ccccc4)O[C@@H]1[C@H]1[C@@H]4O[C@]4(CO)[C@@H](O)[C@]4(O)C(=O)C(C)=C[C@H]4[C@]1(O3)[C@H](C)[C@H]2OC(=O)/C=C/c1ccccc1. The van der Waals surface area contributed by atoms with E-state index in [1.54, 1.807) is 50.3 Å². The maximum Gasteiger partial charge on any atom is 0.331 e. The van der Waals surface area contributed by atoms with Gasteiger partial charge in [-0.05, 0) is 36.6 Å². The zero-order chi connectivity index (χ0) is 32.4. The summed E-state index contributed by atoms with van der Waals surface area (Å²) in [7, 11) is 0. The molecule has 2 aromatic rings. The van der Waals surface area contributed by atoms with E-state index in [1.807, 2.05) is 43.3 Å². The van der Waals surface area contributed by atoms with Crippen LogP contribution in [0.2, 0.25) is 0 Å². The van der Waals surface area contributed by atoms with Gasteiger partial charge in [-0.2, -0.15) is 0 Å². The van der Waals surface area contributed by atoms with E-state index in [2.05, 4.69) is 6.58 Å². The van der Waals surface area contributed by atoms with Gasteiger partial charge >= 0.3 is 11.9 Å². The number of aliphatic hydroxyl groups excluding tert-OH is 2. The van der Waals surface area contributed by atoms with Gasteiger partial charge in [0, 0.05) is 29.4 Å². The minimum absolute atomic E-state index is 0.229. The largest absolute Gasteiger partial charge is 0.455 e. The van der Waals surface area contributed by atoms with Gasteiger partial charge in [0.25, 0.3) is 0 Å². The van der Waals surface area contributed by atoms with Gasteiger partial charge in [-0.3, -0.25) is 4.79 Å². The van der Waals surface area contributed by atoms with E-state index in [0.717, 1.165) is 5.56 Å². The summed E-state index contributed by atoms with van der Waals surface area (Å²) in [5.41, 5.74) is -5.12. The van der Waals surface area contributed by atoms with Crippen LogP contribution in [0.15, 0.2) is 90.5 Å². The summed E-state index contributed by atoms with van der Waals surface area (Å²) in [6, 6.07) is 18.3. The van der Waals surface area contributed by atoms with E-state index < -0.39 is 88.9 Å². The van der Waals surface area contributed by atoms with Crippen molar-refractivity contribution in [1.82, 2.24) is 0 Å². The van der Waals surface area contributed by atoms with Gasteiger partial charge in [0.15, 0.2) is 17.0 Å². The third kappa shape index (κ3) is 3.40. The number of Topliss-reactive ketones (excluding diaryl/α,β-unsaturated/α-hetero) is 1.